The molecule has 0 amide bonds. The molecular weight excluding hydrogens is 306 g/mol. The molecule has 0 radical (unpaired) electrons. The molecular formula is C21H18F2O. The molecule has 0 fully saturated rings. The van der Waals surface area contributed by atoms with E-state index in [1.807, 2.05) is 24.3 Å². The van der Waals surface area contributed by atoms with Crippen LogP contribution in [-0.2, 0) is 0 Å². The lowest BCUT2D eigenvalue weighted by Gasteiger charge is -2.33. The largest absolute Gasteiger partial charge is 0.464 e. The highest BCUT2D eigenvalue weighted by atomic mass is 19.2. The third-order valence-electron chi connectivity index (χ3n) is 4.76. The number of fused-ring (bicyclic) bond motifs is 5. The molecule has 3 aromatic rings. The maximum Gasteiger partial charge on any atom is 0.167 e. The van der Waals surface area contributed by atoms with Crippen LogP contribution in [0, 0.1) is 17.0 Å². The van der Waals surface area contributed by atoms with Gasteiger partial charge in [0, 0.05) is 22.6 Å². The number of benzene rings is 2. The maximum absolute atomic E-state index is 14.8. The number of hydrogen-bond acceptors (Lipinski definition) is 1. The van der Waals surface area contributed by atoms with Crippen LogP contribution in [-0.4, -0.2) is 0 Å². The van der Waals surface area contributed by atoms with Gasteiger partial charge in [-0.1, -0.05) is 51.1 Å². The maximum atomic E-state index is 14.8. The molecule has 3 heteroatoms. The number of rotatable bonds is 0. The zero-order valence-corrected chi connectivity index (χ0v) is 13.9. The lowest BCUT2D eigenvalue weighted by molar-refractivity contribution is 0.358. The summed E-state index contributed by atoms with van der Waals surface area (Å²) in [6.45, 7) is 6.35. The zero-order chi connectivity index (χ0) is 17.1. The third-order valence-corrected chi connectivity index (χ3v) is 4.76. The first-order valence-corrected chi connectivity index (χ1v) is 8.04. The molecule has 0 aliphatic heterocycles. The Morgan fingerprint density at radius 2 is 1.62 bits per heavy atom. The summed E-state index contributed by atoms with van der Waals surface area (Å²) in [4.78, 5) is 0. The molecule has 0 spiro atoms. The van der Waals surface area contributed by atoms with Crippen LogP contribution in [0.15, 0.2) is 53.1 Å². The van der Waals surface area contributed by atoms with E-state index in [2.05, 4.69) is 20.8 Å². The van der Waals surface area contributed by atoms with Crippen molar-refractivity contribution in [1.29, 1.82) is 0 Å². The summed E-state index contributed by atoms with van der Waals surface area (Å²) in [6.07, 6.45) is 1.53. The minimum Gasteiger partial charge on any atom is -0.464 e. The van der Waals surface area contributed by atoms with Crippen LogP contribution in [0.2, 0.25) is 0 Å². The molecule has 1 aliphatic carbocycles. The van der Waals surface area contributed by atoms with E-state index in [9.17, 15) is 8.78 Å². The number of halogens is 2. The molecule has 1 atom stereocenters. The molecule has 1 aromatic heterocycles. The predicted octanol–water partition coefficient (Wildman–Crippen LogP) is 6.38. The average Bonchev–Trinajstić information content (AvgIpc) is 2.95. The van der Waals surface area contributed by atoms with E-state index >= 15 is 0 Å². The van der Waals surface area contributed by atoms with Crippen molar-refractivity contribution in [1.82, 2.24) is 0 Å². The normalized spacial score (nSPS) is 16.1. The summed E-state index contributed by atoms with van der Waals surface area (Å²) in [7, 11) is 0. The molecule has 1 nitrogen and oxygen atoms in total. The van der Waals surface area contributed by atoms with E-state index in [0.29, 0.717) is 16.9 Å². The Hall–Kier alpha value is -2.42. The van der Waals surface area contributed by atoms with E-state index < -0.39 is 11.6 Å². The Balaban J connectivity index is 2.19. The quantitative estimate of drug-likeness (QED) is 0.467. The fourth-order valence-electron chi connectivity index (χ4n) is 3.85. The minimum atomic E-state index is -0.834. The van der Waals surface area contributed by atoms with E-state index in [-0.39, 0.29) is 11.3 Å². The van der Waals surface area contributed by atoms with Gasteiger partial charge in [-0.2, -0.15) is 0 Å². The van der Waals surface area contributed by atoms with Gasteiger partial charge in [0.25, 0.3) is 0 Å². The SMILES string of the molecule is CC(C)(C)C1c2ccccc2-c2occc2-c2c1ccc(F)c2F. The van der Waals surface area contributed by atoms with Crippen LogP contribution in [0.3, 0.4) is 0 Å². The first kappa shape index (κ1) is 15.1. The van der Waals surface area contributed by atoms with Crippen molar-refractivity contribution in [3.63, 3.8) is 0 Å². The van der Waals surface area contributed by atoms with Crippen molar-refractivity contribution < 1.29 is 13.2 Å². The summed E-state index contributed by atoms with van der Waals surface area (Å²) in [5, 5.41) is 0. The smallest absolute Gasteiger partial charge is 0.167 e. The second-order valence-electron chi connectivity index (χ2n) is 7.38. The van der Waals surface area contributed by atoms with Crippen LogP contribution in [0.25, 0.3) is 22.5 Å². The van der Waals surface area contributed by atoms with Crippen LogP contribution in [0.5, 0.6) is 0 Å². The second-order valence-corrected chi connectivity index (χ2v) is 7.38. The number of hydrogen-bond donors (Lipinski definition) is 0. The van der Waals surface area contributed by atoms with Crippen LogP contribution >= 0.6 is 0 Å². The first-order valence-electron chi connectivity index (χ1n) is 8.04. The lowest BCUT2D eigenvalue weighted by Crippen LogP contribution is -2.20. The molecule has 1 unspecified atom stereocenters. The van der Waals surface area contributed by atoms with Crippen molar-refractivity contribution in [2.45, 2.75) is 26.7 Å². The average molecular weight is 324 g/mol. The molecule has 0 bridgehead atoms. The Bertz CT molecular complexity index is 931. The van der Waals surface area contributed by atoms with Gasteiger partial charge in [0.05, 0.1) is 6.26 Å². The van der Waals surface area contributed by atoms with Crippen LogP contribution < -0.4 is 0 Å². The first-order chi connectivity index (χ1) is 11.4. The molecule has 1 aliphatic rings. The van der Waals surface area contributed by atoms with E-state index in [0.717, 1.165) is 16.7 Å². The Morgan fingerprint density at radius 1 is 0.875 bits per heavy atom. The molecule has 1 heterocycles. The molecule has 122 valence electrons. The monoisotopic (exact) mass is 324 g/mol. The molecule has 24 heavy (non-hydrogen) atoms. The van der Waals surface area contributed by atoms with Crippen LogP contribution in [0.4, 0.5) is 8.78 Å². The van der Waals surface area contributed by atoms with E-state index in [1.165, 1.54) is 12.3 Å². The van der Waals surface area contributed by atoms with Gasteiger partial charge in [0.15, 0.2) is 11.6 Å². The lowest BCUT2D eigenvalue weighted by atomic mass is 9.71. The Morgan fingerprint density at radius 3 is 2.38 bits per heavy atom. The summed E-state index contributed by atoms with van der Waals surface area (Å²) in [5.74, 6) is -1.11. The highest BCUT2D eigenvalue weighted by Gasteiger charge is 2.37. The van der Waals surface area contributed by atoms with Crippen molar-refractivity contribution >= 4 is 0 Å². The minimum absolute atomic E-state index is 0.0681. The topological polar surface area (TPSA) is 13.1 Å². The summed E-state index contributed by atoms with van der Waals surface area (Å²) < 4.78 is 34.5. The van der Waals surface area contributed by atoms with Gasteiger partial charge in [0.2, 0.25) is 0 Å². The fourth-order valence-corrected chi connectivity index (χ4v) is 3.85. The van der Waals surface area contributed by atoms with Crippen molar-refractivity contribution in [3.8, 4) is 22.5 Å². The summed E-state index contributed by atoms with van der Waals surface area (Å²) >= 11 is 0. The van der Waals surface area contributed by atoms with Gasteiger partial charge >= 0.3 is 0 Å². The van der Waals surface area contributed by atoms with Crippen molar-refractivity contribution in [3.05, 3.63) is 71.5 Å². The highest BCUT2D eigenvalue weighted by molar-refractivity contribution is 5.86. The van der Waals surface area contributed by atoms with E-state index in [4.69, 9.17) is 4.42 Å². The van der Waals surface area contributed by atoms with Gasteiger partial charge in [-0.25, -0.2) is 8.78 Å². The van der Waals surface area contributed by atoms with Gasteiger partial charge < -0.3 is 4.42 Å². The fraction of sp³-hybridized carbons (Fsp3) is 0.238. The Kier molecular flexibility index (Phi) is 3.17. The van der Waals surface area contributed by atoms with E-state index in [1.54, 1.807) is 12.1 Å². The van der Waals surface area contributed by atoms with Crippen molar-refractivity contribution in [2.24, 2.45) is 5.41 Å². The number of furan rings is 1. The molecule has 4 rings (SSSR count). The molecule has 2 aromatic carbocycles. The Labute approximate surface area is 139 Å². The second kappa shape index (κ2) is 5.04. The van der Waals surface area contributed by atoms with Gasteiger partial charge in [-0.3, -0.25) is 0 Å². The summed E-state index contributed by atoms with van der Waals surface area (Å²) in [5.41, 5.74) is 3.57. The zero-order valence-electron chi connectivity index (χ0n) is 13.9. The van der Waals surface area contributed by atoms with Gasteiger partial charge in [-0.05, 0) is 28.7 Å². The standard InChI is InChI=1S/C21H18F2O/c1-21(2,3)18-12-6-4-5-7-13(12)20-15(10-11-24-20)17-14(18)8-9-16(22)19(17)23/h4-11,18H,1-3H3. The molecule has 0 saturated heterocycles. The van der Waals surface area contributed by atoms with Crippen LogP contribution in [0.1, 0.15) is 37.8 Å². The van der Waals surface area contributed by atoms with Gasteiger partial charge in [-0.15, -0.1) is 0 Å². The van der Waals surface area contributed by atoms with Crippen molar-refractivity contribution in [2.75, 3.05) is 0 Å². The summed E-state index contributed by atoms with van der Waals surface area (Å²) in [6, 6.07) is 12.6. The highest BCUT2D eigenvalue weighted by Crippen LogP contribution is 2.52. The third kappa shape index (κ3) is 2.04. The molecule has 0 N–H and O–H groups in total. The van der Waals surface area contributed by atoms with Gasteiger partial charge in [0.1, 0.15) is 5.76 Å². The predicted molar refractivity (Wildman–Crippen MR) is 90.8 cm³/mol. The molecule has 0 saturated carbocycles.